The van der Waals surface area contributed by atoms with E-state index in [9.17, 15) is 18.3 Å². The Kier molecular flexibility index (Phi) is 2.82. The first-order chi connectivity index (χ1) is 7.89. The van der Waals surface area contributed by atoms with Gasteiger partial charge in [-0.15, -0.1) is 0 Å². The van der Waals surface area contributed by atoms with Crippen LogP contribution in [0.5, 0.6) is 5.75 Å². The molecule has 0 radical (unpaired) electrons. The molecule has 0 saturated carbocycles. The summed E-state index contributed by atoms with van der Waals surface area (Å²) in [5.74, 6) is -1.20. The molecule has 17 heavy (non-hydrogen) atoms. The number of pyridine rings is 1. The largest absolute Gasteiger partial charge is 0.505 e. The third-order valence-corrected chi connectivity index (χ3v) is 2.54. The van der Waals surface area contributed by atoms with Gasteiger partial charge in [-0.3, -0.25) is 4.57 Å². The number of alkyl halides is 3. The molecule has 2 aromatic heterocycles. The molecule has 0 fully saturated rings. The van der Waals surface area contributed by atoms with Gasteiger partial charge in [0.05, 0.1) is 0 Å². The van der Waals surface area contributed by atoms with Gasteiger partial charge in [0.25, 0.3) is 0 Å². The van der Waals surface area contributed by atoms with Crippen LogP contribution in [-0.2, 0) is 6.18 Å². The monoisotopic (exact) mass is 307 g/mol. The van der Waals surface area contributed by atoms with Gasteiger partial charge in [-0.25, -0.2) is 9.97 Å². The van der Waals surface area contributed by atoms with Crippen molar-refractivity contribution in [3.8, 4) is 11.6 Å². The van der Waals surface area contributed by atoms with Gasteiger partial charge in [-0.2, -0.15) is 13.2 Å². The number of hydrogen-bond donors (Lipinski definition) is 1. The van der Waals surface area contributed by atoms with Crippen LogP contribution in [0.3, 0.4) is 0 Å². The van der Waals surface area contributed by atoms with Crippen molar-refractivity contribution in [3.05, 3.63) is 35.0 Å². The van der Waals surface area contributed by atoms with E-state index in [0.717, 1.165) is 17.0 Å². The molecule has 90 valence electrons. The van der Waals surface area contributed by atoms with E-state index in [1.54, 1.807) is 0 Å². The summed E-state index contributed by atoms with van der Waals surface area (Å²) in [5, 5.41) is 9.21. The summed E-state index contributed by atoms with van der Waals surface area (Å²) >= 11 is 2.93. The fraction of sp³-hybridized carbons (Fsp3) is 0.111. The molecule has 0 bridgehead atoms. The second-order valence-corrected chi connectivity index (χ2v) is 3.85. The molecular formula is C9H5BrF3N3O. The summed E-state index contributed by atoms with van der Waals surface area (Å²) in [7, 11) is 0. The molecule has 2 aromatic rings. The fourth-order valence-corrected chi connectivity index (χ4v) is 1.56. The maximum Gasteiger partial charge on any atom is 0.450 e. The van der Waals surface area contributed by atoms with Crippen molar-refractivity contribution < 1.29 is 18.3 Å². The fourth-order valence-electron chi connectivity index (χ4n) is 1.25. The molecule has 1 N–H and O–H groups in total. The van der Waals surface area contributed by atoms with E-state index in [1.165, 1.54) is 12.1 Å². The van der Waals surface area contributed by atoms with Gasteiger partial charge >= 0.3 is 6.18 Å². The van der Waals surface area contributed by atoms with E-state index in [4.69, 9.17) is 0 Å². The van der Waals surface area contributed by atoms with Gasteiger partial charge in [-0.05, 0) is 28.1 Å². The molecule has 0 amide bonds. The summed E-state index contributed by atoms with van der Waals surface area (Å²) in [6.45, 7) is 0. The predicted molar refractivity (Wildman–Crippen MR) is 55.7 cm³/mol. The zero-order chi connectivity index (χ0) is 12.6. The van der Waals surface area contributed by atoms with Gasteiger partial charge in [0.15, 0.2) is 0 Å². The second kappa shape index (κ2) is 4.02. The van der Waals surface area contributed by atoms with Crippen molar-refractivity contribution in [1.82, 2.24) is 14.5 Å². The molecule has 0 aliphatic heterocycles. The molecule has 0 spiro atoms. The quantitative estimate of drug-likeness (QED) is 0.824. The molecule has 8 heteroatoms. The van der Waals surface area contributed by atoms with Crippen molar-refractivity contribution in [3.63, 3.8) is 0 Å². The van der Waals surface area contributed by atoms with Gasteiger partial charge in [-0.1, -0.05) is 0 Å². The van der Waals surface area contributed by atoms with E-state index < -0.39 is 12.0 Å². The van der Waals surface area contributed by atoms with Crippen LogP contribution in [-0.4, -0.2) is 19.6 Å². The summed E-state index contributed by atoms with van der Waals surface area (Å²) < 4.78 is 38.6. The van der Waals surface area contributed by atoms with Crippen molar-refractivity contribution >= 4 is 15.9 Å². The topological polar surface area (TPSA) is 50.9 Å². The smallest absolute Gasteiger partial charge is 0.450 e. The predicted octanol–water partition coefficient (Wildman–Crippen LogP) is 2.75. The van der Waals surface area contributed by atoms with Crippen LogP contribution < -0.4 is 0 Å². The van der Waals surface area contributed by atoms with E-state index in [0.29, 0.717) is 0 Å². The number of rotatable bonds is 1. The molecule has 2 heterocycles. The van der Waals surface area contributed by atoms with Crippen LogP contribution in [0.1, 0.15) is 5.82 Å². The maximum absolute atomic E-state index is 12.6. The van der Waals surface area contributed by atoms with Gasteiger partial charge in [0.2, 0.25) is 5.82 Å². The lowest BCUT2D eigenvalue weighted by atomic mass is 10.4. The summed E-state index contributed by atoms with van der Waals surface area (Å²) in [6, 6.07) is 2.50. The average Bonchev–Trinajstić information content (AvgIpc) is 2.70. The first kappa shape index (κ1) is 11.9. The summed E-state index contributed by atoms with van der Waals surface area (Å²) in [5.41, 5.74) is 0. The van der Waals surface area contributed by atoms with Crippen molar-refractivity contribution in [2.45, 2.75) is 6.18 Å². The normalized spacial score (nSPS) is 11.8. The van der Waals surface area contributed by atoms with Gasteiger partial charge in [0.1, 0.15) is 16.2 Å². The van der Waals surface area contributed by atoms with E-state index in [1.807, 2.05) is 0 Å². The lowest BCUT2D eigenvalue weighted by Gasteiger charge is -2.09. The number of hydrogen-bond acceptors (Lipinski definition) is 3. The summed E-state index contributed by atoms with van der Waals surface area (Å²) in [4.78, 5) is 7.02. The minimum atomic E-state index is -4.56. The third-order valence-electron chi connectivity index (χ3n) is 1.96. The zero-order valence-corrected chi connectivity index (χ0v) is 9.70. The van der Waals surface area contributed by atoms with E-state index in [-0.39, 0.29) is 16.2 Å². The van der Waals surface area contributed by atoms with Crippen LogP contribution in [0.25, 0.3) is 5.82 Å². The number of aromatic hydroxyl groups is 1. The number of halogens is 4. The molecule has 2 rings (SSSR count). The van der Waals surface area contributed by atoms with Crippen LogP contribution >= 0.6 is 15.9 Å². The molecule has 0 unspecified atom stereocenters. The number of imidazole rings is 1. The highest BCUT2D eigenvalue weighted by Gasteiger charge is 2.36. The lowest BCUT2D eigenvalue weighted by Crippen LogP contribution is -2.14. The molecular weight excluding hydrogens is 303 g/mol. The highest BCUT2D eigenvalue weighted by Crippen LogP contribution is 2.30. The van der Waals surface area contributed by atoms with Crippen molar-refractivity contribution in [2.75, 3.05) is 0 Å². The Bertz CT molecular complexity index is 553. The lowest BCUT2D eigenvalue weighted by molar-refractivity contribution is -0.146. The Balaban J connectivity index is 2.54. The molecule has 0 atom stereocenters. The van der Waals surface area contributed by atoms with Gasteiger partial charge in [0, 0.05) is 12.4 Å². The average molecular weight is 308 g/mol. The number of nitrogens with zero attached hydrogens (tertiary/aromatic N) is 3. The second-order valence-electron chi connectivity index (χ2n) is 3.10. The molecule has 0 aliphatic carbocycles. The Labute approximate surface area is 102 Å². The molecule has 0 aliphatic rings. The van der Waals surface area contributed by atoms with Gasteiger partial charge < -0.3 is 5.11 Å². The standard InChI is InChI=1S/C9H5BrF3N3O/c10-7-5(17)1-2-6(15-7)16-4-3-14-8(16)9(11,12)13/h1-4,17H. The third kappa shape index (κ3) is 2.26. The van der Waals surface area contributed by atoms with E-state index >= 15 is 0 Å². The Morgan fingerprint density at radius 3 is 2.59 bits per heavy atom. The Morgan fingerprint density at radius 1 is 1.29 bits per heavy atom. The zero-order valence-electron chi connectivity index (χ0n) is 8.11. The highest BCUT2D eigenvalue weighted by molar-refractivity contribution is 9.10. The first-order valence-electron chi connectivity index (χ1n) is 4.36. The maximum atomic E-state index is 12.6. The molecule has 4 nitrogen and oxygen atoms in total. The van der Waals surface area contributed by atoms with Crippen LogP contribution in [0, 0.1) is 0 Å². The Hall–Kier alpha value is -1.57. The SMILES string of the molecule is Oc1ccc(-n2ccnc2C(F)(F)F)nc1Br. The minimum Gasteiger partial charge on any atom is -0.505 e. The van der Waals surface area contributed by atoms with Crippen LogP contribution in [0.2, 0.25) is 0 Å². The van der Waals surface area contributed by atoms with E-state index in [2.05, 4.69) is 25.9 Å². The van der Waals surface area contributed by atoms with Crippen molar-refractivity contribution in [1.29, 1.82) is 0 Å². The van der Waals surface area contributed by atoms with Crippen LogP contribution in [0.4, 0.5) is 13.2 Å². The molecule has 0 aromatic carbocycles. The first-order valence-corrected chi connectivity index (χ1v) is 5.15. The Morgan fingerprint density at radius 2 is 2.00 bits per heavy atom. The molecule has 0 saturated heterocycles. The minimum absolute atomic E-state index is 0.0134. The summed E-state index contributed by atoms with van der Waals surface area (Å²) in [6.07, 6.45) is -2.38. The van der Waals surface area contributed by atoms with Crippen LogP contribution in [0.15, 0.2) is 29.1 Å². The highest BCUT2D eigenvalue weighted by atomic mass is 79.9. The van der Waals surface area contributed by atoms with Crippen molar-refractivity contribution in [2.24, 2.45) is 0 Å². The number of aromatic nitrogens is 3.